The van der Waals surface area contributed by atoms with E-state index in [0.29, 0.717) is 12.4 Å². The lowest BCUT2D eigenvalue weighted by atomic mass is 10.1. The van der Waals surface area contributed by atoms with Gasteiger partial charge in [0.15, 0.2) is 5.82 Å². The van der Waals surface area contributed by atoms with Crippen LogP contribution in [0, 0.1) is 5.92 Å². The second kappa shape index (κ2) is 4.56. The van der Waals surface area contributed by atoms with Crippen molar-refractivity contribution < 1.29 is 9.90 Å². The van der Waals surface area contributed by atoms with Crippen LogP contribution in [0.2, 0.25) is 0 Å². The van der Waals surface area contributed by atoms with E-state index in [1.165, 1.54) is 4.80 Å². The number of likely N-dealkylation sites (tertiary alicyclic amines) is 1. The first kappa shape index (κ1) is 11.0. The van der Waals surface area contributed by atoms with Crippen molar-refractivity contribution in [1.82, 2.24) is 25.1 Å². The number of nitrogens with zero attached hydrogens (tertiary/aromatic N) is 5. The molecule has 1 aromatic rings. The van der Waals surface area contributed by atoms with Crippen molar-refractivity contribution in [2.45, 2.75) is 19.4 Å². The first-order valence-corrected chi connectivity index (χ1v) is 5.30. The molecule has 0 aliphatic carbocycles. The summed E-state index contributed by atoms with van der Waals surface area (Å²) >= 11 is 0. The number of aliphatic carboxylic acids is 1. The summed E-state index contributed by atoms with van der Waals surface area (Å²) in [5.74, 6) is 0.233. The van der Waals surface area contributed by atoms with Gasteiger partial charge in [0, 0.05) is 13.0 Å². The molecule has 7 heteroatoms. The van der Waals surface area contributed by atoms with Crippen LogP contribution in [0.1, 0.15) is 18.7 Å². The van der Waals surface area contributed by atoms with E-state index in [0.717, 1.165) is 19.5 Å². The fourth-order valence-electron chi connectivity index (χ4n) is 2.06. The standard InChI is InChI=1S/C9H15N5O2/c1-13-11-8(10-12-13)6-14-3-2-7(5-14)4-9(15)16/h7H,2-6H2,1H3,(H,15,16). The minimum Gasteiger partial charge on any atom is -0.481 e. The van der Waals surface area contributed by atoms with Crippen LogP contribution in [0.3, 0.4) is 0 Å². The minimum atomic E-state index is -0.718. The third kappa shape index (κ3) is 2.75. The highest BCUT2D eigenvalue weighted by Gasteiger charge is 2.25. The number of carboxylic acids is 1. The predicted molar refractivity (Wildman–Crippen MR) is 54.4 cm³/mol. The summed E-state index contributed by atoms with van der Waals surface area (Å²) in [5.41, 5.74) is 0. The molecule has 1 N–H and O–H groups in total. The fraction of sp³-hybridized carbons (Fsp3) is 0.778. The van der Waals surface area contributed by atoms with Crippen molar-refractivity contribution in [2.75, 3.05) is 13.1 Å². The Balaban J connectivity index is 1.82. The zero-order chi connectivity index (χ0) is 11.5. The molecule has 2 heterocycles. The van der Waals surface area contributed by atoms with Gasteiger partial charge in [0.2, 0.25) is 0 Å². The van der Waals surface area contributed by atoms with E-state index in [1.807, 2.05) is 0 Å². The molecule has 1 unspecified atom stereocenters. The molecule has 1 aromatic heterocycles. The number of aromatic nitrogens is 4. The Hall–Kier alpha value is -1.50. The topological polar surface area (TPSA) is 84.1 Å². The molecule has 1 atom stereocenters. The maximum absolute atomic E-state index is 10.6. The van der Waals surface area contributed by atoms with Crippen molar-refractivity contribution in [1.29, 1.82) is 0 Å². The normalized spacial score (nSPS) is 21.4. The Labute approximate surface area is 93.0 Å². The summed E-state index contributed by atoms with van der Waals surface area (Å²) in [7, 11) is 1.73. The lowest BCUT2D eigenvalue weighted by Crippen LogP contribution is -2.21. The smallest absolute Gasteiger partial charge is 0.303 e. The van der Waals surface area contributed by atoms with Gasteiger partial charge < -0.3 is 5.11 Å². The second-order valence-electron chi connectivity index (χ2n) is 4.18. The van der Waals surface area contributed by atoms with Crippen molar-refractivity contribution >= 4 is 5.97 Å². The number of hydrogen-bond acceptors (Lipinski definition) is 5. The molecule has 0 amide bonds. The highest BCUT2D eigenvalue weighted by atomic mass is 16.4. The average Bonchev–Trinajstić information content (AvgIpc) is 2.76. The van der Waals surface area contributed by atoms with Gasteiger partial charge in [0.05, 0.1) is 13.6 Å². The third-order valence-electron chi connectivity index (χ3n) is 2.75. The molecule has 0 bridgehead atoms. The van der Waals surface area contributed by atoms with Gasteiger partial charge in [-0.3, -0.25) is 9.69 Å². The number of hydrogen-bond donors (Lipinski definition) is 1. The van der Waals surface area contributed by atoms with Gasteiger partial charge in [0.1, 0.15) is 0 Å². The van der Waals surface area contributed by atoms with Crippen LogP contribution in [0.15, 0.2) is 0 Å². The number of tetrazole rings is 1. The third-order valence-corrected chi connectivity index (χ3v) is 2.75. The molecule has 0 spiro atoms. The second-order valence-corrected chi connectivity index (χ2v) is 4.18. The SMILES string of the molecule is Cn1nnc(CN2CCC(CC(=O)O)C2)n1. The quantitative estimate of drug-likeness (QED) is 0.744. The summed E-state index contributed by atoms with van der Waals surface area (Å²) in [6, 6.07) is 0. The van der Waals surface area contributed by atoms with Gasteiger partial charge in [-0.1, -0.05) is 0 Å². The van der Waals surface area contributed by atoms with Gasteiger partial charge in [-0.15, -0.1) is 10.2 Å². The molecule has 2 rings (SSSR count). The van der Waals surface area contributed by atoms with Crippen molar-refractivity contribution in [3.8, 4) is 0 Å². The number of carbonyl (C=O) groups is 1. The van der Waals surface area contributed by atoms with Crippen molar-refractivity contribution in [3.63, 3.8) is 0 Å². The predicted octanol–water partition coefficient (Wildman–Crippen LogP) is -0.493. The van der Waals surface area contributed by atoms with E-state index in [4.69, 9.17) is 5.11 Å². The first-order valence-electron chi connectivity index (χ1n) is 5.30. The van der Waals surface area contributed by atoms with E-state index < -0.39 is 5.97 Å². The summed E-state index contributed by atoms with van der Waals surface area (Å²) in [6.45, 7) is 2.38. The van der Waals surface area contributed by atoms with Crippen LogP contribution < -0.4 is 0 Å². The van der Waals surface area contributed by atoms with Gasteiger partial charge in [0.25, 0.3) is 0 Å². The molecular weight excluding hydrogens is 210 g/mol. The van der Waals surface area contributed by atoms with E-state index >= 15 is 0 Å². The monoisotopic (exact) mass is 225 g/mol. The van der Waals surface area contributed by atoms with Crippen LogP contribution in [0.25, 0.3) is 0 Å². The number of carboxylic acid groups (broad SMARTS) is 1. The Morgan fingerprint density at radius 1 is 1.62 bits per heavy atom. The summed E-state index contributed by atoms with van der Waals surface area (Å²) in [6.07, 6.45) is 1.19. The van der Waals surface area contributed by atoms with Crippen LogP contribution in [0.4, 0.5) is 0 Å². The lowest BCUT2D eigenvalue weighted by Gasteiger charge is -2.12. The minimum absolute atomic E-state index is 0.254. The van der Waals surface area contributed by atoms with Crippen LogP contribution in [-0.2, 0) is 18.4 Å². The molecule has 88 valence electrons. The Bertz CT molecular complexity index is 378. The number of rotatable bonds is 4. The zero-order valence-corrected chi connectivity index (χ0v) is 9.20. The lowest BCUT2D eigenvalue weighted by molar-refractivity contribution is -0.138. The Morgan fingerprint density at radius 2 is 2.44 bits per heavy atom. The zero-order valence-electron chi connectivity index (χ0n) is 9.20. The molecule has 7 nitrogen and oxygen atoms in total. The highest BCUT2D eigenvalue weighted by Crippen LogP contribution is 2.20. The van der Waals surface area contributed by atoms with Gasteiger partial charge in [-0.2, -0.15) is 4.80 Å². The molecule has 1 aliphatic rings. The fourth-order valence-corrected chi connectivity index (χ4v) is 2.06. The summed E-state index contributed by atoms with van der Waals surface area (Å²) in [4.78, 5) is 14.2. The molecule has 0 saturated carbocycles. The summed E-state index contributed by atoms with van der Waals surface area (Å²) in [5, 5.41) is 20.5. The highest BCUT2D eigenvalue weighted by molar-refractivity contribution is 5.67. The molecule has 0 aromatic carbocycles. The molecule has 1 fully saturated rings. The summed E-state index contributed by atoms with van der Waals surface area (Å²) < 4.78 is 0. The maximum Gasteiger partial charge on any atom is 0.303 e. The Kier molecular flexibility index (Phi) is 3.14. The van der Waals surface area contributed by atoms with E-state index in [2.05, 4.69) is 20.3 Å². The Morgan fingerprint density at radius 3 is 3.06 bits per heavy atom. The van der Waals surface area contributed by atoms with Gasteiger partial charge in [-0.05, 0) is 24.1 Å². The molecule has 16 heavy (non-hydrogen) atoms. The number of aryl methyl sites for hydroxylation is 1. The largest absolute Gasteiger partial charge is 0.481 e. The molecule has 0 radical (unpaired) electrons. The van der Waals surface area contributed by atoms with Crippen LogP contribution >= 0.6 is 0 Å². The van der Waals surface area contributed by atoms with E-state index in [9.17, 15) is 4.79 Å². The van der Waals surface area contributed by atoms with Crippen LogP contribution in [0.5, 0.6) is 0 Å². The molecular formula is C9H15N5O2. The van der Waals surface area contributed by atoms with E-state index in [1.54, 1.807) is 7.05 Å². The molecule has 1 saturated heterocycles. The van der Waals surface area contributed by atoms with Crippen LogP contribution in [-0.4, -0.2) is 49.3 Å². The van der Waals surface area contributed by atoms with Gasteiger partial charge >= 0.3 is 5.97 Å². The maximum atomic E-state index is 10.6. The first-order chi connectivity index (χ1) is 7.63. The molecule has 1 aliphatic heterocycles. The van der Waals surface area contributed by atoms with Crippen molar-refractivity contribution in [3.05, 3.63) is 5.82 Å². The van der Waals surface area contributed by atoms with E-state index in [-0.39, 0.29) is 12.3 Å². The van der Waals surface area contributed by atoms with Crippen molar-refractivity contribution in [2.24, 2.45) is 13.0 Å². The van der Waals surface area contributed by atoms with Gasteiger partial charge in [-0.25, -0.2) is 0 Å². The average molecular weight is 225 g/mol.